The van der Waals surface area contributed by atoms with Crippen molar-refractivity contribution < 1.29 is 9.47 Å². The molecule has 0 radical (unpaired) electrons. The molecule has 1 aromatic heterocycles. The third-order valence-corrected chi connectivity index (χ3v) is 5.56. The summed E-state index contributed by atoms with van der Waals surface area (Å²) in [4.78, 5) is 4.67. The van der Waals surface area contributed by atoms with Gasteiger partial charge in [0.25, 0.3) is 0 Å². The Balaban J connectivity index is 1.48. The van der Waals surface area contributed by atoms with Gasteiger partial charge in [0, 0.05) is 28.9 Å². The minimum atomic E-state index is 0.765. The van der Waals surface area contributed by atoms with E-state index in [0.29, 0.717) is 0 Å². The van der Waals surface area contributed by atoms with E-state index in [1.807, 2.05) is 54.7 Å². The van der Waals surface area contributed by atoms with Crippen LogP contribution in [0.4, 0.5) is 5.69 Å². The van der Waals surface area contributed by atoms with E-state index < -0.39 is 0 Å². The molecule has 0 spiro atoms. The summed E-state index contributed by atoms with van der Waals surface area (Å²) in [6, 6.07) is 26.2. The summed E-state index contributed by atoms with van der Waals surface area (Å²) in [5, 5.41) is 0. The molecule has 4 heteroatoms. The van der Waals surface area contributed by atoms with E-state index in [0.717, 1.165) is 34.9 Å². The molecule has 0 saturated heterocycles. The van der Waals surface area contributed by atoms with E-state index >= 15 is 0 Å². The maximum absolute atomic E-state index is 5.89. The molecular weight excluding hydrogens is 396 g/mol. The number of ether oxygens (including phenoxy) is 2. The second-order valence-corrected chi connectivity index (χ2v) is 7.71. The van der Waals surface area contributed by atoms with Crippen LogP contribution in [0.2, 0.25) is 0 Å². The average Bonchev–Trinajstić information content (AvgIpc) is 3.12. The van der Waals surface area contributed by atoms with Crippen LogP contribution >= 0.6 is 0 Å². The fourth-order valence-electron chi connectivity index (χ4n) is 3.72. The fraction of sp³-hybridized carbons (Fsp3) is 0.179. The van der Waals surface area contributed by atoms with E-state index in [-0.39, 0.29) is 0 Å². The molecule has 0 atom stereocenters. The fourth-order valence-corrected chi connectivity index (χ4v) is 3.72. The highest BCUT2D eigenvalue weighted by atomic mass is 16.5. The van der Waals surface area contributed by atoms with Gasteiger partial charge in [-0.3, -0.25) is 4.99 Å². The molecule has 0 fully saturated rings. The topological polar surface area (TPSA) is 35.8 Å². The van der Waals surface area contributed by atoms with Crippen LogP contribution in [0.3, 0.4) is 0 Å². The minimum Gasteiger partial charge on any atom is -0.497 e. The number of rotatable bonds is 7. The molecule has 0 amide bonds. The molecule has 0 N–H and O–H groups in total. The highest BCUT2D eigenvalue weighted by Crippen LogP contribution is 2.26. The molecule has 4 nitrogen and oxygen atoms in total. The van der Waals surface area contributed by atoms with Gasteiger partial charge in [-0.2, -0.15) is 0 Å². The van der Waals surface area contributed by atoms with Crippen LogP contribution in [-0.4, -0.2) is 17.9 Å². The monoisotopic (exact) mass is 424 g/mol. The first kappa shape index (κ1) is 21.4. The predicted molar refractivity (Wildman–Crippen MR) is 131 cm³/mol. The van der Waals surface area contributed by atoms with Crippen LogP contribution in [-0.2, 0) is 6.42 Å². The first-order valence-corrected chi connectivity index (χ1v) is 10.8. The van der Waals surface area contributed by atoms with Crippen molar-refractivity contribution in [3.8, 4) is 22.9 Å². The van der Waals surface area contributed by atoms with Gasteiger partial charge < -0.3 is 14.0 Å². The van der Waals surface area contributed by atoms with Gasteiger partial charge in [0.15, 0.2) is 0 Å². The Morgan fingerprint density at radius 2 is 1.41 bits per heavy atom. The van der Waals surface area contributed by atoms with Gasteiger partial charge in [0.2, 0.25) is 0 Å². The molecule has 162 valence electrons. The van der Waals surface area contributed by atoms with Crippen LogP contribution in [0.1, 0.15) is 29.4 Å². The van der Waals surface area contributed by atoms with Crippen LogP contribution < -0.4 is 9.47 Å². The Hall–Kier alpha value is -3.79. The maximum Gasteiger partial charge on any atom is 0.127 e. The average molecular weight is 425 g/mol. The van der Waals surface area contributed by atoms with Crippen molar-refractivity contribution in [2.75, 3.05) is 7.11 Å². The van der Waals surface area contributed by atoms with Gasteiger partial charge >= 0.3 is 0 Å². The quantitative estimate of drug-likeness (QED) is 0.294. The lowest BCUT2D eigenvalue weighted by Crippen LogP contribution is -1.99. The predicted octanol–water partition coefficient (Wildman–Crippen LogP) is 7.21. The van der Waals surface area contributed by atoms with Gasteiger partial charge in [-0.05, 0) is 92.6 Å². The van der Waals surface area contributed by atoms with Gasteiger partial charge in [-0.15, -0.1) is 0 Å². The van der Waals surface area contributed by atoms with E-state index in [2.05, 4.69) is 60.7 Å². The molecule has 0 aliphatic rings. The summed E-state index contributed by atoms with van der Waals surface area (Å²) in [7, 11) is 1.65. The van der Waals surface area contributed by atoms with Gasteiger partial charge in [-0.1, -0.05) is 19.1 Å². The summed E-state index contributed by atoms with van der Waals surface area (Å²) < 4.78 is 13.3. The number of methoxy groups -OCH3 is 1. The Bertz CT molecular complexity index is 1200. The van der Waals surface area contributed by atoms with Crippen molar-refractivity contribution in [3.63, 3.8) is 0 Å². The number of aromatic nitrogens is 1. The summed E-state index contributed by atoms with van der Waals surface area (Å²) >= 11 is 0. The van der Waals surface area contributed by atoms with Crippen molar-refractivity contribution in [3.05, 3.63) is 101 Å². The van der Waals surface area contributed by atoms with Crippen molar-refractivity contribution in [2.45, 2.75) is 27.2 Å². The van der Waals surface area contributed by atoms with Crippen molar-refractivity contribution in [1.82, 2.24) is 4.57 Å². The van der Waals surface area contributed by atoms with Crippen LogP contribution in [0.15, 0.2) is 83.9 Å². The molecule has 0 unspecified atom stereocenters. The Morgan fingerprint density at radius 3 is 2.00 bits per heavy atom. The smallest absolute Gasteiger partial charge is 0.127 e. The zero-order valence-electron chi connectivity index (χ0n) is 19.0. The van der Waals surface area contributed by atoms with E-state index in [1.54, 1.807) is 7.11 Å². The number of hydrogen-bond donors (Lipinski definition) is 0. The molecule has 4 rings (SSSR count). The maximum atomic E-state index is 5.89. The second kappa shape index (κ2) is 9.56. The molecule has 0 saturated carbocycles. The number of aliphatic imine (C=N–C) groups is 1. The highest BCUT2D eigenvalue weighted by Gasteiger charge is 2.09. The van der Waals surface area contributed by atoms with E-state index in [9.17, 15) is 0 Å². The zero-order valence-corrected chi connectivity index (χ0v) is 19.0. The SMILES string of the molecule is CCc1ccc(-n2c(C)cc(C=Nc3ccc(Oc4ccc(OC)cc4)cc3)c2C)cc1. The van der Waals surface area contributed by atoms with Gasteiger partial charge in [0.1, 0.15) is 17.2 Å². The zero-order chi connectivity index (χ0) is 22.5. The van der Waals surface area contributed by atoms with Crippen molar-refractivity contribution in [1.29, 1.82) is 0 Å². The molecule has 0 aliphatic carbocycles. The molecule has 0 bridgehead atoms. The molecule has 1 heterocycles. The minimum absolute atomic E-state index is 0.765. The van der Waals surface area contributed by atoms with E-state index in [4.69, 9.17) is 9.47 Å². The van der Waals surface area contributed by atoms with Crippen LogP contribution in [0.5, 0.6) is 17.2 Å². The third-order valence-electron chi connectivity index (χ3n) is 5.56. The highest BCUT2D eigenvalue weighted by molar-refractivity contribution is 5.84. The molecule has 32 heavy (non-hydrogen) atoms. The Kier molecular flexibility index (Phi) is 6.41. The molecule has 3 aromatic carbocycles. The standard InChI is InChI=1S/C28H28N2O2/c1-5-22-6-10-25(11-7-22)30-20(2)18-23(21(30)3)19-29-24-8-12-27(13-9-24)32-28-16-14-26(31-4)15-17-28/h6-19H,5H2,1-4H3. The van der Waals surface area contributed by atoms with Crippen LogP contribution in [0, 0.1) is 13.8 Å². The van der Waals surface area contributed by atoms with Crippen LogP contribution in [0.25, 0.3) is 5.69 Å². The Morgan fingerprint density at radius 1 is 0.812 bits per heavy atom. The number of hydrogen-bond acceptors (Lipinski definition) is 3. The second-order valence-electron chi connectivity index (χ2n) is 7.71. The lowest BCUT2D eigenvalue weighted by Gasteiger charge is -2.10. The lowest BCUT2D eigenvalue weighted by molar-refractivity contribution is 0.413. The Labute approximate surface area is 189 Å². The number of benzene rings is 3. The van der Waals surface area contributed by atoms with E-state index in [1.165, 1.54) is 22.6 Å². The molecule has 0 aliphatic heterocycles. The van der Waals surface area contributed by atoms with Crippen molar-refractivity contribution in [2.24, 2.45) is 4.99 Å². The first-order chi connectivity index (χ1) is 15.6. The third kappa shape index (κ3) is 4.75. The normalized spacial score (nSPS) is 11.1. The molecule has 4 aromatic rings. The summed E-state index contributed by atoms with van der Waals surface area (Å²) in [6.07, 6.45) is 2.98. The first-order valence-electron chi connectivity index (χ1n) is 10.8. The lowest BCUT2D eigenvalue weighted by atomic mass is 10.1. The summed E-state index contributed by atoms with van der Waals surface area (Å²) in [5.74, 6) is 2.34. The van der Waals surface area contributed by atoms with Gasteiger partial charge in [-0.25, -0.2) is 0 Å². The largest absolute Gasteiger partial charge is 0.497 e. The van der Waals surface area contributed by atoms with Gasteiger partial charge in [0.05, 0.1) is 12.8 Å². The molecular formula is C28H28N2O2. The van der Waals surface area contributed by atoms with Crippen molar-refractivity contribution >= 4 is 11.9 Å². The number of nitrogens with zero attached hydrogens (tertiary/aromatic N) is 2. The number of aryl methyl sites for hydroxylation is 2. The summed E-state index contributed by atoms with van der Waals surface area (Å²) in [6.45, 7) is 6.44. The summed E-state index contributed by atoms with van der Waals surface area (Å²) in [5.41, 5.74) is 6.88.